The third kappa shape index (κ3) is 4.60. The summed E-state index contributed by atoms with van der Waals surface area (Å²) < 4.78 is 5.37. The van der Waals surface area contributed by atoms with Gasteiger partial charge in [-0.3, -0.25) is 4.79 Å². The predicted octanol–water partition coefficient (Wildman–Crippen LogP) is 4.03. The molecule has 1 fully saturated rings. The van der Waals surface area contributed by atoms with Crippen molar-refractivity contribution in [1.82, 2.24) is 5.32 Å². The quantitative estimate of drug-likeness (QED) is 0.801. The van der Waals surface area contributed by atoms with Gasteiger partial charge in [0.05, 0.1) is 7.11 Å². The number of carbonyl (C=O) groups excluding carboxylic acids is 1. The van der Waals surface area contributed by atoms with Crippen LogP contribution in [0, 0.1) is 12.8 Å². The number of anilines is 1. The minimum absolute atomic E-state index is 0.156. The zero-order chi connectivity index (χ0) is 17.6. The summed E-state index contributed by atoms with van der Waals surface area (Å²) in [7, 11) is 1.70. The molecule has 0 heterocycles. The van der Waals surface area contributed by atoms with E-state index in [1.54, 1.807) is 7.11 Å². The zero-order valence-electron chi connectivity index (χ0n) is 15.0. The number of benzene rings is 2. The van der Waals surface area contributed by atoms with Crippen molar-refractivity contribution in [2.45, 2.75) is 39.3 Å². The highest BCUT2D eigenvalue weighted by atomic mass is 16.5. The van der Waals surface area contributed by atoms with E-state index in [1.807, 2.05) is 25.1 Å². The Morgan fingerprint density at radius 1 is 1.12 bits per heavy atom. The molecule has 4 nitrogen and oxygen atoms in total. The topological polar surface area (TPSA) is 50.4 Å². The summed E-state index contributed by atoms with van der Waals surface area (Å²) in [6.07, 6.45) is 3.21. The van der Waals surface area contributed by atoms with E-state index in [0.717, 1.165) is 48.5 Å². The maximum atomic E-state index is 12.1. The third-order valence-corrected chi connectivity index (χ3v) is 4.80. The highest BCUT2D eigenvalue weighted by molar-refractivity contribution is 5.93. The van der Waals surface area contributed by atoms with Crippen molar-refractivity contribution in [3.63, 3.8) is 0 Å². The third-order valence-electron chi connectivity index (χ3n) is 4.80. The van der Waals surface area contributed by atoms with Crippen molar-refractivity contribution in [3.8, 4) is 5.75 Å². The second-order valence-electron chi connectivity index (χ2n) is 6.72. The van der Waals surface area contributed by atoms with Gasteiger partial charge in [-0.05, 0) is 54.7 Å². The lowest BCUT2D eigenvalue weighted by atomic mass is 9.85. The van der Waals surface area contributed by atoms with Gasteiger partial charge in [0.25, 0.3) is 0 Å². The van der Waals surface area contributed by atoms with Gasteiger partial charge in [0, 0.05) is 24.7 Å². The van der Waals surface area contributed by atoms with E-state index < -0.39 is 0 Å². The molecule has 0 atom stereocenters. The number of hydrogen-bond donors (Lipinski definition) is 2. The van der Waals surface area contributed by atoms with E-state index in [0.29, 0.717) is 0 Å². The van der Waals surface area contributed by atoms with E-state index in [-0.39, 0.29) is 11.8 Å². The summed E-state index contributed by atoms with van der Waals surface area (Å²) in [6, 6.07) is 14.3. The van der Waals surface area contributed by atoms with Crippen LogP contribution in [-0.2, 0) is 17.9 Å². The number of amides is 1. The number of ether oxygens (including phenoxy) is 1. The maximum absolute atomic E-state index is 12.1. The van der Waals surface area contributed by atoms with Crippen LogP contribution in [0.2, 0.25) is 0 Å². The Bertz CT molecular complexity index is 738. The Labute approximate surface area is 149 Å². The first-order valence-electron chi connectivity index (χ1n) is 8.90. The molecule has 1 aliphatic rings. The van der Waals surface area contributed by atoms with Crippen LogP contribution in [-0.4, -0.2) is 13.0 Å². The van der Waals surface area contributed by atoms with Crippen molar-refractivity contribution in [1.29, 1.82) is 0 Å². The van der Waals surface area contributed by atoms with Crippen LogP contribution >= 0.6 is 0 Å². The first-order valence-corrected chi connectivity index (χ1v) is 8.90. The molecule has 0 unspecified atom stereocenters. The Morgan fingerprint density at radius 2 is 1.88 bits per heavy atom. The molecule has 132 valence electrons. The van der Waals surface area contributed by atoms with Crippen LogP contribution in [0.4, 0.5) is 5.69 Å². The normalized spacial score (nSPS) is 14.0. The first-order chi connectivity index (χ1) is 12.2. The fraction of sp³-hybridized carbons (Fsp3) is 0.381. The summed E-state index contributed by atoms with van der Waals surface area (Å²) in [5.74, 6) is 1.28. The number of rotatable bonds is 7. The average Bonchev–Trinajstić information content (AvgIpc) is 2.55. The molecule has 4 heteroatoms. The lowest BCUT2D eigenvalue weighted by Crippen LogP contribution is -2.28. The molecule has 2 aromatic rings. The lowest BCUT2D eigenvalue weighted by molar-refractivity contribution is -0.122. The fourth-order valence-corrected chi connectivity index (χ4v) is 3.00. The highest BCUT2D eigenvalue weighted by Crippen LogP contribution is 2.27. The smallest absolute Gasteiger partial charge is 0.227 e. The fourth-order valence-electron chi connectivity index (χ4n) is 3.00. The van der Waals surface area contributed by atoms with E-state index >= 15 is 0 Å². The van der Waals surface area contributed by atoms with Gasteiger partial charge in [0.15, 0.2) is 0 Å². The lowest BCUT2D eigenvalue weighted by Gasteiger charge is -2.24. The van der Waals surface area contributed by atoms with Crippen LogP contribution in [0.15, 0.2) is 42.5 Å². The summed E-state index contributed by atoms with van der Waals surface area (Å²) in [5, 5.41) is 6.48. The van der Waals surface area contributed by atoms with E-state index in [4.69, 9.17) is 4.74 Å². The standard InChI is InChI=1S/C21H26N2O2/c1-15-9-10-17(12-20(15)25-2)14-22-13-16-5-3-8-19(11-16)23-21(24)18-6-4-7-18/h3,5,8-12,18,22H,4,6-7,13-14H2,1-2H3,(H,23,24). The van der Waals surface area contributed by atoms with Gasteiger partial charge in [0.2, 0.25) is 5.91 Å². The Kier molecular flexibility index (Phi) is 5.71. The molecule has 0 saturated heterocycles. The molecule has 2 N–H and O–H groups in total. The number of methoxy groups -OCH3 is 1. The Morgan fingerprint density at radius 3 is 2.56 bits per heavy atom. The first kappa shape index (κ1) is 17.5. The average molecular weight is 338 g/mol. The Balaban J connectivity index is 1.52. The SMILES string of the molecule is COc1cc(CNCc2cccc(NC(=O)C3CCC3)c2)ccc1C. The molecule has 0 spiro atoms. The molecule has 1 aliphatic carbocycles. The predicted molar refractivity (Wildman–Crippen MR) is 101 cm³/mol. The number of carbonyl (C=O) groups is 1. The molecule has 25 heavy (non-hydrogen) atoms. The van der Waals surface area contributed by atoms with Gasteiger partial charge in [-0.2, -0.15) is 0 Å². The Hall–Kier alpha value is -2.33. The highest BCUT2D eigenvalue weighted by Gasteiger charge is 2.25. The van der Waals surface area contributed by atoms with E-state index in [2.05, 4.69) is 34.9 Å². The van der Waals surface area contributed by atoms with Crippen LogP contribution < -0.4 is 15.4 Å². The van der Waals surface area contributed by atoms with Gasteiger partial charge in [-0.15, -0.1) is 0 Å². The monoisotopic (exact) mass is 338 g/mol. The van der Waals surface area contributed by atoms with Gasteiger partial charge >= 0.3 is 0 Å². The van der Waals surface area contributed by atoms with Crippen LogP contribution in [0.1, 0.15) is 36.0 Å². The van der Waals surface area contributed by atoms with Crippen LogP contribution in [0.3, 0.4) is 0 Å². The molecule has 1 amide bonds. The zero-order valence-corrected chi connectivity index (χ0v) is 15.0. The van der Waals surface area contributed by atoms with Gasteiger partial charge < -0.3 is 15.4 Å². The van der Waals surface area contributed by atoms with Crippen molar-refractivity contribution >= 4 is 11.6 Å². The molecular weight excluding hydrogens is 312 g/mol. The number of hydrogen-bond acceptors (Lipinski definition) is 3. The second kappa shape index (κ2) is 8.17. The van der Waals surface area contributed by atoms with E-state index in [1.165, 1.54) is 12.0 Å². The molecule has 3 rings (SSSR count). The van der Waals surface area contributed by atoms with Crippen molar-refractivity contribution in [2.75, 3.05) is 12.4 Å². The van der Waals surface area contributed by atoms with Crippen molar-refractivity contribution in [3.05, 3.63) is 59.2 Å². The molecule has 0 aliphatic heterocycles. The summed E-state index contributed by atoms with van der Waals surface area (Å²) in [4.78, 5) is 12.1. The van der Waals surface area contributed by atoms with Crippen LogP contribution in [0.25, 0.3) is 0 Å². The van der Waals surface area contributed by atoms with E-state index in [9.17, 15) is 4.79 Å². The molecule has 0 aromatic heterocycles. The summed E-state index contributed by atoms with van der Waals surface area (Å²) in [6.45, 7) is 3.57. The van der Waals surface area contributed by atoms with Crippen molar-refractivity contribution < 1.29 is 9.53 Å². The second-order valence-corrected chi connectivity index (χ2v) is 6.72. The minimum atomic E-state index is 0.156. The van der Waals surface area contributed by atoms with Crippen molar-refractivity contribution in [2.24, 2.45) is 5.92 Å². The molecule has 2 aromatic carbocycles. The number of aryl methyl sites for hydroxylation is 1. The summed E-state index contributed by atoms with van der Waals surface area (Å²) >= 11 is 0. The van der Waals surface area contributed by atoms with Gasteiger partial charge in [-0.25, -0.2) is 0 Å². The minimum Gasteiger partial charge on any atom is -0.496 e. The molecule has 0 bridgehead atoms. The largest absolute Gasteiger partial charge is 0.496 e. The molecule has 0 radical (unpaired) electrons. The summed E-state index contributed by atoms with van der Waals surface area (Å²) in [5.41, 5.74) is 4.37. The van der Waals surface area contributed by atoms with Crippen LogP contribution in [0.5, 0.6) is 5.75 Å². The molecule has 1 saturated carbocycles. The number of nitrogens with one attached hydrogen (secondary N) is 2. The van der Waals surface area contributed by atoms with Gasteiger partial charge in [-0.1, -0.05) is 30.7 Å². The molecular formula is C21H26N2O2. The van der Waals surface area contributed by atoms with Gasteiger partial charge in [0.1, 0.15) is 5.75 Å². The maximum Gasteiger partial charge on any atom is 0.227 e.